The van der Waals surface area contributed by atoms with Crippen LogP contribution in [0.25, 0.3) is 0 Å². The third kappa shape index (κ3) is 5.57. The van der Waals surface area contributed by atoms with Crippen molar-refractivity contribution < 1.29 is 13.2 Å². The van der Waals surface area contributed by atoms with Crippen LogP contribution in [0.15, 0.2) is 48.5 Å². The largest absolute Gasteiger partial charge is 0.326 e. The van der Waals surface area contributed by atoms with Gasteiger partial charge in [0.15, 0.2) is 0 Å². The lowest BCUT2D eigenvalue weighted by atomic mass is 9.98. The van der Waals surface area contributed by atoms with Gasteiger partial charge in [-0.1, -0.05) is 41.9 Å². The Balaban J connectivity index is 1.64. The molecule has 0 aromatic heterocycles. The highest BCUT2D eigenvalue weighted by atomic mass is 35.5. The predicted molar refractivity (Wildman–Crippen MR) is 113 cm³/mol. The second-order valence-corrected chi connectivity index (χ2v) is 9.44. The summed E-state index contributed by atoms with van der Waals surface area (Å²) in [6.45, 7) is 0.560. The first-order chi connectivity index (χ1) is 13.9. The van der Waals surface area contributed by atoms with E-state index in [1.807, 2.05) is 0 Å². The van der Waals surface area contributed by atoms with Crippen LogP contribution in [-0.4, -0.2) is 31.7 Å². The van der Waals surface area contributed by atoms with Crippen molar-refractivity contribution in [3.63, 3.8) is 0 Å². The summed E-state index contributed by atoms with van der Waals surface area (Å²) in [6, 6.07) is 16.0. The van der Waals surface area contributed by atoms with E-state index in [1.165, 1.54) is 4.31 Å². The second kappa shape index (κ2) is 9.40. The Kier molecular flexibility index (Phi) is 6.91. The highest BCUT2D eigenvalue weighted by molar-refractivity contribution is 7.88. The molecule has 1 atom stereocenters. The molecule has 1 aliphatic heterocycles. The van der Waals surface area contributed by atoms with E-state index in [1.54, 1.807) is 48.5 Å². The minimum absolute atomic E-state index is 0.158. The summed E-state index contributed by atoms with van der Waals surface area (Å²) in [5.74, 6) is -0.791. The summed E-state index contributed by atoms with van der Waals surface area (Å²) < 4.78 is 27.1. The number of nitrogens with zero attached hydrogens (tertiary/aromatic N) is 2. The molecule has 1 saturated heterocycles. The van der Waals surface area contributed by atoms with E-state index in [9.17, 15) is 13.2 Å². The maximum absolute atomic E-state index is 12.8. The van der Waals surface area contributed by atoms with Gasteiger partial charge in [-0.05, 0) is 42.2 Å². The smallest absolute Gasteiger partial charge is 0.228 e. The van der Waals surface area contributed by atoms with E-state index in [2.05, 4.69) is 11.4 Å². The van der Waals surface area contributed by atoms with Crippen LogP contribution in [0.1, 0.15) is 24.0 Å². The van der Waals surface area contributed by atoms with Crippen LogP contribution in [0.5, 0.6) is 0 Å². The molecule has 152 valence electrons. The van der Waals surface area contributed by atoms with Gasteiger partial charge in [0, 0.05) is 23.8 Å². The molecule has 0 unspecified atom stereocenters. The summed E-state index contributed by atoms with van der Waals surface area (Å²) in [7, 11) is -3.57. The average Bonchev–Trinajstić information content (AvgIpc) is 2.71. The second-order valence-electron chi connectivity index (χ2n) is 7.07. The Bertz CT molecular complexity index is 1020. The molecule has 29 heavy (non-hydrogen) atoms. The number of carbonyl (C=O) groups excluding carboxylic acids is 1. The molecule has 6 nitrogen and oxygen atoms in total. The van der Waals surface area contributed by atoms with Crippen LogP contribution in [-0.2, 0) is 27.0 Å². The molecule has 2 aromatic rings. The average molecular weight is 432 g/mol. The van der Waals surface area contributed by atoms with Gasteiger partial charge in [-0.3, -0.25) is 4.79 Å². The van der Waals surface area contributed by atoms with E-state index < -0.39 is 15.9 Å². The number of sulfonamides is 1. The topological polar surface area (TPSA) is 90.3 Å². The fourth-order valence-electron chi connectivity index (χ4n) is 3.35. The summed E-state index contributed by atoms with van der Waals surface area (Å²) >= 11 is 6.10. The zero-order valence-electron chi connectivity index (χ0n) is 15.8. The SMILES string of the molecule is N#CCc1ccc(NC(=O)[C@H]2CCCN(S(=O)(=O)Cc3ccccc3Cl)C2)cc1. The fourth-order valence-corrected chi connectivity index (χ4v) is 5.28. The number of rotatable bonds is 6. The van der Waals surface area contributed by atoms with E-state index in [0.717, 1.165) is 5.56 Å². The van der Waals surface area contributed by atoms with Crippen LogP contribution < -0.4 is 5.32 Å². The minimum Gasteiger partial charge on any atom is -0.326 e. The van der Waals surface area contributed by atoms with E-state index in [4.69, 9.17) is 16.9 Å². The van der Waals surface area contributed by atoms with Crippen LogP contribution in [0.3, 0.4) is 0 Å². The van der Waals surface area contributed by atoms with Gasteiger partial charge in [0.25, 0.3) is 0 Å². The first-order valence-corrected chi connectivity index (χ1v) is 11.4. The molecule has 0 radical (unpaired) electrons. The number of hydrogen-bond acceptors (Lipinski definition) is 4. The van der Waals surface area contributed by atoms with Crippen molar-refractivity contribution in [2.75, 3.05) is 18.4 Å². The Morgan fingerprint density at radius 2 is 1.93 bits per heavy atom. The molecule has 2 aromatic carbocycles. The van der Waals surface area contributed by atoms with Crippen molar-refractivity contribution in [2.45, 2.75) is 25.0 Å². The molecule has 3 rings (SSSR count). The number of carbonyl (C=O) groups is 1. The number of hydrogen-bond donors (Lipinski definition) is 1. The Hall–Kier alpha value is -2.40. The predicted octanol–water partition coefficient (Wildman–Crippen LogP) is 3.59. The first-order valence-electron chi connectivity index (χ1n) is 9.37. The van der Waals surface area contributed by atoms with Crippen LogP contribution in [0, 0.1) is 17.2 Å². The summed E-state index contributed by atoms with van der Waals surface area (Å²) in [4.78, 5) is 12.7. The summed E-state index contributed by atoms with van der Waals surface area (Å²) in [5.41, 5.74) is 2.06. The molecule has 0 aliphatic carbocycles. The molecule has 1 amide bonds. The molecule has 0 spiro atoms. The Morgan fingerprint density at radius 3 is 2.62 bits per heavy atom. The molecule has 0 saturated carbocycles. The third-order valence-electron chi connectivity index (χ3n) is 4.95. The Morgan fingerprint density at radius 1 is 1.21 bits per heavy atom. The molecule has 1 aliphatic rings. The molecular weight excluding hydrogens is 410 g/mol. The van der Waals surface area contributed by atoms with Gasteiger partial charge in [0.05, 0.1) is 24.2 Å². The van der Waals surface area contributed by atoms with E-state index >= 15 is 0 Å². The lowest BCUT2D eigenvalue weighted by Gasteiger charge is -2.31. The highest BCUT2D eigenvalue weighted by Crippen LogP contribution is 2.25. The quantitative estimate of drug-likeness (QED) is 0.756. The van der Waals surface area contributed by atoms with Crippen molar-refractivity contribution in [1.82, 2.24) is 4.31 Å². The van der Waals surface area contributed by atoms with Gasteiger partial charge in [-0.2, -0.15) is 5.26 Å². The lowest BCUT2D eigenvalue weighted by molar-refractivity contribution is -0.120. The zero-order chi connectivity index (χ0) is 20.9. The standard InChI is InChI=1S/C21H22ClN3O3S/c22-20-6-2-1-4-18(20)15-29(27,28)25-13-3-5-17(14-25)21(26)24-19-9-7-16(8-10-19)11-12-23/h1-2,4,6-10,17H,3,5,11,13-15H2,(H,24,26)/t17-/m0/s1. The van der Waals surface area contributed by atoms with Gasteiger partial charge < -0.3 is 5.32 Å². The van der Waals surface area contributed by atoms with Crippen molar-refractivity contribution in [1.29, 1.82) is 5.26 Å². The maximum atomic E-state index is 12.8. The molecular formula is C21H22ClN3O3S. The van der Waals surface area contributed by atoms with Crippen molar-refractivity contribution in [3.05, 3.63) is 64.7 Å². The summed E-state index contributed by atoms with van der Waals surface area (Å²) in [5, 5.41) is 12.0. The maximum Gasteiger partial charge on any atom is 0.228 e. The van der Waals surface area contributed by atoms with E-state index in [0.29, 0.717) is 42.1 Å². The number of nitriles is 1. The molecule has 1 N–H and O–H groups in total. The molecule has 8 heteroatoms. The normalized spacial score (nSPS) is 17.4. The first kappa shape index (κ1) is 21.3. The van der Waals surface area contributed by atoms with Gasteiger partial charge in [0.1, 0.15) is 0 Å². The van der Waals surface area contributed by atoms with Gasteiger partial charge >= 0.3 is 0 Å². The van der Waals surface area contributed by atoms with E-state index in [-0.39, 0.29) is 18.2 Å². The molecule has 1 heterocycles. The fraction of sp³-hybridized carbons (Fsp3) is 0.333. The number of nitrogens with one attached hydrogen (secondary N) is 1. The van der Waals surface area contributed by atoms with Gasteiger partial charge in [0.2, 0.25) is 15.9 Å². The van der Waals surface area contributed by atoms with Crippen LogP contribution in [0.2, 0.25) is 5.02 Å². The highest BCUT2D eigenvalue weighted by Gasteiger charge is 2.32. The number of anilines is 1. The number of piperidine rings is 1. The Labute approximate surface area is 176 Å². The van der Waals surface area contributed by atoms with Gasteiger partial charge in [-0.15, -0.1) is 0 Å². The van der Waals surface area contributed by atoms with Crippen molar-refractivity contribution >= 4 is 33.2 Å². The lowest BCUT2D eigenvalue weighted by Crippen LogP contribution is -2.44. The number of benzene rings is 2. The minimum atomic E-state index is -3.57. The van der Waals surface area contributed by atoms with Crippen molar-refractivity contribution in [2.24, 2.45) is 5.92 Å². The van der Waals surface area contributed by atoms with Crippen LogP contribution >= 0.6 is 11.6 Å². The monoisotopic (exact) mass is 431 g/mol. The molecule has 1 fully saturated rings. The molecule has 0 bridgehead atoms. The summed E-state index contributed by atoms with van der Waals surface area (Å²) in [6.07, 6.45) is 1.58. The third-order valence-corrected chi connectivity index (χ3v) is 7.11. The zero-order valence-corrected chi connectivity index (χ0v) is 17.4. The van der Waals surface area contributed by atoms with Crippen LogP contribution in [0.4, 0.5) is 5.69 Å². The number of halogens is 1. The number of amides is 1. The van der Waals surface area contributed by atoms with Gasteiger partial charge in [-0.25, -0.2) is 12.7 Å². The van der Waals surface area contributed by atoms with Crippen molar-refractivity contribution in [3.8, 4) is 6.07 Å².